The van der Waals surface area contributed by atoms with Crippen LogP contribution in [0.5, 0.6) is 0 Å². The minimum absolute atomic E-state index is 0.0547. The summed E-state index contributed by atoms with van der Waals surface area (Å²) in [6.45, 7) is 6.97. The molecule has 1 amide bonds. The summed E-state index contributed by atoms with van der Waals surface area (Å²) in [6, 6.07) is -0.0560. The highest BCUT2D eigenvalue weighted by atomic mass is 16.2. The Balaban J connectivity index is 1.49. The van der Waals surface area contributed by atoms with E-state index in [0.717, 1.165) is 74.3 Å². The van der Waals surface area contributed by atoms with E-state index < -0.39 is 0 Å². The van der Waals surface area contributed by atoms with Crippen LogP contribution in [-0.2, 0) is 13.5 Å². The molecular weight excluding hydrogens is 376 g/mol. The second-order valence-corrected chi connectivity index (χ2v) is 9.27. The molecule has 7 heteroatoms. The van der Waals surface area contributed by atoms with E-state index in [9.17, 15) is 4.79 Å². The summed E-state index contributed by atoms with van der Waals surface area (Å²) in [4.78, 5) is 27.9. The van der Waals surface area contributed by atoms with Gasteiger partial charge in [0.2, 0.25) is 0 Å². The molecule has 0 bridgehead atoms. The molecule has 5 rings (SSSR count). The summed E-state index contributed by atoms with van der Waals surface area (Å²) >= 11 is 0. The van der Waals surface area contributed by atoms with E-state index in [-0.39, 0.29) is 11.9 Å². The summed E-state index contributed by atoms with van der Waals surface area (Å²) in [5.41, 5.74) is 3.87. The predicted octanol–water partition coefficient (Wildman–Crippen LogP) is 3.36. The Morgan fingerprint density at radius 2 is 1.90 bits per heavy atom. The third-order valence-electron chi connectivity index (χ3n) is 6.84. The monoisotopic (exact) mass is 408 g/mol. The molecule has 0 N–H and O–H groups in total. The molecule has 2 fully saturated rings. The fourth-order valence-corrected chi connectivity index (χ4v) is 5.06. The van der Waals surface area contributed by atoms with Crippen molar-refractivity contribution >= 4 is 11.7 Å². The average molecular weight is 409 g/mol. The van der Waals surface area contributed by atoms with Gasteiger partial charge in [-0.05, 0) is 64.7 Å². The van der Waals surface area contributed by atoms with Crippen molar-refractivity contribution in [2.45, 2.75) is 64.8 Å². The number of hydrogen-bond acceptors (Lipinski definition) is 5. The van der Waals surface area contributed by atoms with Gasteiger partial charge in [-0.15, -0.1) is 0 Å². The van der Waals surface area contributed by atoms with Gasteiger partial charge in [-0.1, -0.05) is 0 Å². The molecule has 160 valence electrons. The molecule has 30 heavy (non-hydrogen) atoms. The molecule has 0 aromatic carbocycles. The van der Waals surface area contributed by atoms with Crippen LogP contribution in [-0.4, -0.2) is 50.2 Å². The lowest BCUT2D eigenvalue weighted by molar-refractivity contribution is 0.0598. The molecule has 7 nitrogen and oxygen atoms in total. The summed E-state index contributed by atoms with van der Waals surface area (Å²) in [6.07, 6.45) is 9.81. The molecule has 1 atom stereocenters. The van der Waals surface area contributed by atoms with Crippen LogP contribution < -0.4 is 4.90 Å². The molecular formula is C23H32N6O. The van der Waals surface area contributed by atoms with Gasteiger partial charge in [-0.3, -0.25) is 9.48 Å². The summed E-state index contributed by atoms with van der Waals surface area (Å²) in [5, 5.41) is 4.37. The fraction of sp³-hybridized carbons (Fsp3) is 0.652. The third-order valence-corrected chi connectivity index (χ3v) is 6.84. The molecule has 1 saturated carbocycles. The number of anilines is 1. The van der Waals surface area contributed by atoms with Crippen molar-refractivity contribution in [1.29, 1.82) is 0 Å². The lowest BCUT2D eigenvalue weighted by Crippen LogP contribution is -2.40. The maximum Gasteiger partial charge on any atom is 0.257 e. The highest BCUT2D eigenvalue weighted by molar-refractivity contribution is 5.95. The van der Waals surface area contributed by atoms with Crippen molar-refractivity contribution < 1.29 is 4.79 Å². The lowest BCUT2D eigenvalue weighted by Gasteiger charge is -2.36. The van der Waals surface area contributed by atoms with Crippen molar-refractivity contribution in [1.82, 2.24) is 24.6 Å². The smallest absolute Gasteiger partial charge is 0.257 e. The van der Waals surface area contributed by atoms with E-state index in [2.05, 4.69) is 16.9 Å². The third kappa shape index (κ3) is 3.59. The van der Waals surface area contributed by atoms with Crippen molar-refractivity contribution in [2.24, 2.45) is 13.0 Å². The number of aromatic nitrogens is 4. The molecule has 4 heterocycles. The largest absolute Gasteiger partial charge is 0.356 e. The average Bonchev–Trinajstić information content (AvgIpc) is 3.49. The van der Waals surface area contributed by atoms with Gasteiger partial charge in [0.15, 0.2) is 5.82 Å². The molecule has 0 radical (unpaired) electrons. The van der Waals surface area contributed by atoms with Crippen molar-refractivity contribution in [3.63, 3.8) is 0 Å². The van der Waals surface area contributed by atoms with E-state index in [4.69, 9.17) is 9.97 Å². The van der Waals surface area contributed by atoms with Gasteiger partial charge in [-0.2, -0.15) is 5.10 Å². The minimum atomic E-state index is -0.0560. The standard InChI is InChI=1S/C23H32N6O/c1-15-18-7-6-11-28(13-17-9-10-17)22(18)25-21(24-15)20-8-4-5-12-29(20)23(30)19-14-27(3)26-16(19)2/h14,17,20H,4-13H2,1-3H3/t20-/m1/s1. The van der Waals surface area contributed by atoms with E-state index in [0.29, 0.717) is 5.56 Å². The first-order chi connectivity index (χ1) is 14.5. The number of likely N-dealkylation sites (tertiary alicyclic amines) is 1. The summed E-state index contributed by atoms with van der Waals surface area (Å²) < 4.78 is 1.72. The number of carbonyl (C=O) groups is 1. The first kappa shape index (κ1) is 19.5. The van der Waals surface area contributed by atoms with Crippen LogP contribution in [0.15, 0.2) is 6.20 Å². The molecule has 1 saturated heterocycles. The first-order valence-corrected chi connectivity index (χ1v) is 11.4. The van der Waals surface area contributed by atoms with Crippen molar-refractivity contribution in [3.8, 4) is 0 Å². The van der Waals surface area contributed by atoms with Crippen LogP contribution >= 0.6 is 0 Å². The zero-order valence-electron chi connectivity index (χ0n) is 18.4. The van der Waals surface area contributed by atoms with Crippen molar-refractivity contribution in [2.75, 3.05) is 24.5 Å². The van der Waals surface area contributed by atoms with Crippen LogP contribution in [0.4, 0.5) is 5.82 Å². The summed E-state index contributed by atoms with van der Waals surface area (Å²) in [7, 11) is 1.86. The highest BCUT2D eigenvalue weighted by Gasteiger charge is 2.34. The van der Waals surface area contributed by atoms with Gasteiger partial charge in [-0.25, -0.2) is 9.97 Å². The van der Waals surface area contributed by atoms with Crippen LogP contribution in [0, 0.1) is 19.8 Å². The van der Waals surface area contributed by atoms with E-state index >= 15 is 0 Å². The number of carbonyl (C=O) groups excluding carboxylic acids is 1. The molecule has 0 spiro atoms. The first-order valence-electron chi connectivity index (χ1n) is 11.4. The molecule has 1 aliphatic carbocycles. The van der Waals surface area contributed by atoms with E-state index in [1.54, 1.807) is 4.68 Å². The van der Waals surface area contributed by atoms with Crippen LogP contribution in [0.1, 0.15) is 77.7 Å². The number of rotatable bonds is 4. The Kier molecular flexibility index (Phi) is 4.99. The summed E-state index contributed by atoms with van der Waals surface area (Å²) in [5.74, 6) is 2.84. The minimum Gasteiger partial charge on any atom is -0.356 e. The van der Waals surface area contributed by atoms with Crippen LogP contribution in [0.3, 0.4) is 0 Å². The predicted molar refractivity (Wildman–Crippen MR) is 116 cm³/mol. The van der Waals surface area contributed by atoms with E-state index in [1.807, 2.05) is 25.1 Å². The van der Waals surface area contributed by atoms with Gasteiger partial charge >= 0.3 is 0 Å². The zero-order valence-corrected chi connectivity index (χ0v) is 18.4. The second kappa shape index (κ2) is 7.67. The molecule has 2 aliphatic heterocycles. The topological polar surface area (TPSA) is 67.2 Å². The normalized spacial score (nSPS) is 21.6. The van der Waals surface area contributed by atoms with Gasteiger partial charge in [0.1, 0.15) is 5.82 Å². The van der Waals surface area contributed by atoms with Crippen molar-refractivity contribution in [3.05, 3.63) is 34.5 Å². The number of fused-ring (bicyclic) bond motifs is 1. The van der Waals surface area contributed by atoms with E-state index in [1.165, 1.54) is 24.8 Å². The highest BCUT2D eigenvalue weighted by Crippen LogP contribution is 2.37. The maximum atomic E-state index is 13.4. The van der Waals surface area contributed by atoms with Gasteiger partial charge in [0.05, 0.1) is 17.3 Å². The Morgan fingerprint density at radius 3 is 2.63 bits per heavy atom. The van der Waals surface area contributed by atoms with Gasteiger partial charge in [0.25, 0.3) is 5.91 Å². The molecule has 2 aromatic heterocycles. The quantitative estimate of drug-likeness (QED) is 0.776. The Bertz CT molecular complexity index is 963. The Hall–Kier alpha value is -2.44. The van der Waals surface area contributed by atoms with Gasteiger partial charge in [0, 0.05) is 44.1 Å². The molecule has 3 aliphatic rings. The number of hydrogen-bond donors (Lipinski definition) is 0. The Labute approximate surface area is 178 Å². The molecule has 0 unspecified atom stereocenters. The number of piperidine rings is 1. The second-order valence-electron chi connectivity index (χ2n) is 9.27. The van der Waals surface area contributed by atoms with Crippen LogP contribution in [0.2, 0.25) is 0 Å². The fourth-order valence-electron chi connectivity index (χ4n) is 5.06. The number of nitrogens with zero attached hydrogens (tertiary/aromatic N) is 6. The van der Waals surface area contributed by atoms with Crippen LogP contribution in [0.25, 0.3) is 0 Å². The number of aryl methyl sites for hydroxylation is 3. The SMILES string of the molecule is Cc1nn(C)cc1C(=O)N1CCCC[C@@H]1c1nc(C)c2c(n1)N(CC1CC1)CCC2. The van der Waals surface area contributed by atoms with Gasteiger partial charge < -0.3 is 9.80 Å². The maximum absolute atomic E-state index is 13.4. The Morgan fingerprint density at radius 1 is 1.07 bits per heavy atom. The lowest BCUT2D eigenvalue weighted by atomic mass is 9.98. The zero-order chi connectivity index (χ0) is 20.8. The number of amides is 1. The molecule has 2 aromatic rings.